The van der Waals surface area contributed by atoms with E-state index in [0.717, 1.165) is 49.9 Å². The van der Waals surface area contributed by atoms with Gasteiger partial charge in [-0.2, -0.15) is 4.31 Å². The number of sulfonamides is 1. The van der Waals surface area contributed by atoms with Crippen molar-refractivity contribution in [2.75, 3.05) is 38.5 Å². The fourth-order valence-electron chi connectivity index (χ4n) is 5.43. The minimum Gasteiger partial charge on any atom is -0.350 e. The van der Waals surface area contributed by atoms with Crippen molar-refractivity contribution >= 4 is 28.3 Å². The number of carbonyl (C=O) groups is 1. The Kier molecular flexibility index (Phi) is 9.76. The van der Waals surface area contributed by atoms with Gasteiger partial charge >= 0.3 is 0 Å². The number of benzene rings is 2. The molecule has 0 atom stereocenters. The number of halogens is 1. The minimum atomic E-state index is -3.16. The van der Waals surface area contributed by atoms with Crippen LogP contribution in [0.3, 0.4) is 0 Å². The summed E-state index contributed by atoms with van der Waals surface area (Å²) in [6.45, 7) is 5.05. The maximum atomic E-state index is 13.0. The highest BCUT2D eigenvalue weighted by Crippen LogP contribution is 2.34. The number of amides is 1. The first-order valence-corrected chi connectivity index (χ1v) is 14.2. The second-order valence-electron chi connectivity index (χ2n) is 9.61. The molecule has 0 unspecified atom stereocenters. The molecule has 4 rings (SSSR count). The molecule has 2 aliphatic rings. The van der Waals surface area contributed by atoms with Gasteiger partial charge in [0.05, 0.1) is 5.75 Å². The molecule has 1 saturated carbocycles. The molecule has 0 spiro atoms. The van der Waals surface area contributed by atoms with Crippen LogP contribution in [0.5, 0.6) is 0 Å². The van der Waals surface area contributed by atoms with Crippen molar-refractivity contribution in [2.24, 2.45) is 0 Å². The Balaban J connectivity index is 0.00000342. The van der Waals surface area contributed by atoms with Crippen molar-refractivity contribution in [3.05, 3.63) is 60.2 Å². The van der Waals surface area contributed by atoms with E-state index in [0.29, 0.717) is 31.6 Å². The van der Waals surface area contributed by atoms with E-state index in [4.69, 9.17) is 0 Å². The van der Waals surface area contributed by atoms with Gasteiger partial charge in [0.1, 0.15) is 0 Å². The lowest BCUT2D eigenvalue weighted by atomic mass is 9.79. The van der Waals surface area contributed by atoms with Crippen molar-refractivity contribution in [1.29, 1.82) is 0 Å². The van der Waals surface area contributed by atoms with E-state index < -0.39 is 10.0 Å². The van der Waals surface area contributed by atoms with E-state index in [-0.39, 0.29) is 29.6 Å². The fraction of sp³-hybridized carbons (Fsp3) is 0.519. The Bertz CT molecular complexity index is 1050. The first-order chi connectivity index (χ1) is 16.4. The Labute approximate surface area is 216 Å². The summed E-state index contributed by atoms with van der Waals surface area (Å²) in [6.07, 6.45) is 6.25. The van der Waals surface area contributed by atoms with Crippen molar-refractivity contribution in [3.63, 3.8) is 0 Å². The molecule has 8 heteroatoms. The molecule has 1 heterocycles. The fourth-order valence-corrected chi connectivity index (χ4v) is 6.93. The Morgan fingerprint density at radius 1 is 0.886 bits per heavy atom. The largest absolute Gasteiger partial charge is 0.350 e. The molecule has 6 nitrogen and oxygen atoms in total. The summed E-state index contributed by atoms with van der Waals surface area (Å²) in [4.78, 5) is 15.4. The van der Waals surface area contributed by atoms with Crippen LogP contribution in [0.1, 0.15) is 55.8 Å². The lowest BCUT2D eigenvalue weighted by molar-refractivity contribution is 0.0240. The molecule has 1 N–H and O–H groups in total. The summed E-state index contributed by atoms with van der Waals surface area (Å²) < 4.78 is 26.6. The third-order valence-corrected chi connectivity index (χ3v) is 9.46. The summed E-state index contributed by atoms with van der Waals surface area (Å²) in [5.41, 5.74) is 2.81. The number of hydrogen-bond donors (Lipinski definition) is 1. The van der Waals surface area contributed by atoms with Crippen LogP contribution in [0.2, 0.25) is 0 Å². The Morgan fingerprint density at radius 3 is 2.09 bits per heavy atom. The van der Waals surface area contributed by atoms with Crippen LogP contribution in [-0.4, -0.2) is 67.5 Å². The molecule has 1 amide bonds. The van der Waals surface area contributed by atoms with Gasteiger partial charge in [-0.1, -0.05) is 68.7 Å². The molecule has 0 aromatic heterocycles. The smallest absolute Gasteiger partial charge is 0.251 e. The minimum absolute atomic E-state index is 0. The Morgan fingerprint density at radius 2 is 1.49 bits per heavy atom. The highest BCUT2D eigenvalue weighted by Gasteiger charge is 2.40. The molecule has 2 aromatic carbocycles. The van der Waals surface area contributed by atoms with Crippen molar-refractivity contribution < 1.29 is 13.2 Å². The first kappa shape index (κ1) is 27.7. The average molecular weight is 520 g/mol. The number of rotatable bonds is 8. The molecule has 0 radical (unpaired) electrons. The summed E-state index contributed by atoms with van der Waals surface area (Å²) in [6, 6.07) is 17.9. The topological polar surface area (TPSA) is 69.7 Å². The van der Waals surface area contributed by atoms with Gasteiger partial charge in [0.15, 0.2) is 0 Å². The van der Waals surface area contributed by atoms with Gasteiger partial charge in [0, 0.05) is 43.8 Å². The highest BCUT2D eigenvalue weighted by molar-refractivity contribution is 7.89. The van der Waals surface area contributed by atoms with Gasteiger partial charge in [0.25, 0.3) is 5.91 Å². The second kappa shape index (κ2) is 12.3. The second-order valence-corrected chi connectivity index (χ2v) is 11.7. The number of carbonyl (C=O) groups excluding carboxylic acids is 1. The monoisotopic (exact) mass is 519 g/mol. The highest BCUT2D eigenvalue weighted by atomic mass is 35.5. The van der Waals surface area contributed by atoms with E-state index in [9.17, 15) is 13.2 Å². The van der Waals surface area contributed by atoms with Gasteiger partial charge < -0.3 is 5.32 Å². The first-order valence-electron chi connectivity index (χ1n) is 12.6. The number of nitrogens with one attached hydrogen (secondary N) is 1. The van der Waals surface area contributed by atoms with Gasteiger partial charge in [0.2, 0.25) is 10.0 Å². The summed E-state index contributed by atoms with van der Waals surface area (Å²) in [7, 11) is -3.16. The van der Waals surface area contributed by atoms with Crippen molar-refractivity contribution in [1.82, 2.24) is 14.5 Å². The van der Waals surface area contributed by atoms with Gasteiger partial charge in [-0.15, -0.1) is 12.4 Å². The third kappa shape index (κ3) is 6.64. The molecule has 2 fully saturated rings. The van der Waals surface area contributed by atoms with Crippen LogP contribution in [0, 0.1) is 0 Å². The SMILES string of the molecule is CCCS(=O)(=O)N1CCN(C2(CNC(=O)c3ccc(-c4ccccc4)cc3)CCCCC2)CC1.Cl. The number of piperazine rings is 1. The summed E-state index contributed by atoms with van der Waals surface area (Å²) in [5, 5.41) is 3.22. The predicted molar refractivity (Wildman–Crippen MR) is 144 cm³/mol. The average Bonchev–Trinajstić information content (AvgIpc) is 2.88. The summed E-state index contributed by atoms with van der Waals surface area (Å²) in [5.74, 6) is 0.172. The molecular weight excluding hydrogens is 482 g/mol. The van der Waals surface area contributed by atoms with Crippen LogP contribution < -0.4 is 5.32 Å². The zero-order valence-electron chi connectivity index (χ0n) is 20.6. The van der Waals surface area contributed by atoms with E-state index >= 15 is 0 Å². The van der Waals surface area contributed by atoms with Crippen LogP contribution in [-0.2, 0) is 10.0 Å². The molecular formula is C27H38ClN3O3S. The van der Waals surface area contributed by atoms with Gasteiger partial charge in [-0.25, -0.2) is 8.42 Å². The van der Waals surface area contributed by atoms with Crippen LogP contribution in [0.25, 0.3) is 11.1 Å². The molecule has 0 bridgehead atoms. The van der Waals surface area contributed by atoms with Gasteiger partial charge in [-0.3, -0.25) is 9.69 Å². The molecule has 192 valence electrons. The molecule has 1 saturated heterocycles. The normalized spacial score (nSPS) is 19.0. The van der Waals surface area contributed by atoms with Crippen molar-refractivity contribution in [2.45, 2.75) is 51.0 Å². The summed E-state index contributed by atoms with van der Waals surface area (Å²) >= 11 is 0. The molecule has 1 aliphatic heterocycles. The number of nitrogens with zero attached hydrogens (tertiary/aromatic N) is 2. The molecule has 1 aliphatic carbocycles. The van der Waals surface area contributed by atoms with Crippen molar-refractivity contribution in [3.8, 4) is 11.1 Å². The van der Waals surface area contributed by atoms with E-state index in [1.807, 2.05) is 49.4 Å². The maximum absolute atomic E-state index is 13.0. The van der Waals surface area contributed by atoms with E-state index in [1.54, 1.807) is 4.31 Å². The van der Waals surface area contributed by atoms with E-state index in [2.05, 4.69) is 22.3 Å². The molecule has 2 aromatic rings. The number of hydrogen-bond acceptors (Lipinski definition) is 4. The van der Waals surface area contributed by atoms with Crippen LogP contribution >= 0.6 is 12.4 Å². The zero-order valence-corrected chi connectivity index (χ0v) is 22.3. The lowest BCUT2D eigenvalue weighted by Crippen LogP contribution is -2.62. The third-order valence-electron chi connectivity index (χ3n) is 7.38. The van der Waals surface area contributed by atoms with Crippen LogP contribution in [0.15, 0.2) is 54.6 Å². The predicted octanol–water partition coefficient (Wildman–Crippen LogP) is 4.57. The standard InChI is InChI=1S/C27H37N3O3S.ClH/c1-2-21-34(32,33)30-19-17-29(18-20-30)27(15-7-4-8-16-27)22-28-26(31)25-13-11-24(12-14-25)23-9-5-3-6-10-23;/h3,5-6,9-14H,2,4,7-8,15-22H2,1H3,(H,28,31);1H. The van der Waals surface area contributed by atoms with Crippen LogP contribution in [0.4, 0.5) is 0 Å². The zero-order chi connectivity index (χ0) is 24.0. The molecule has 35 heavy (non-hydrogen) atoms. The van der Waals surface area contributed by atoms with E-state index in [1.165, 1.54) is 6.42 Å². The Hall–Kier alpha value is -1.93. The van der Waals surface area contributed by atoms with Gasteiger partial charge in [-0.05, 0) is 42.5 Å². The quantitative estimate of drug-likeness (QED) is 0.555. The maximum Gasteiger partial charge on any atom is 0.251 e. The lowest BCUT2D eigenvalue weighted by Gasteiger charge is -2.49.